The molecule has 1 saturated carbocycles. The van der Waals surface area contributed by atoms with Crippen molar-refractivity contribution in [3.63, 3.8) is 0 Å². The molecule has 0 aliphatic heterocycles. The molecular formula is C11H19NO3S. The first-order valence-corrected chi connectivity index (χ1v) is 6.65. The maximum atomic E-state index is 11.5. The lowest BCUT2D eigenvalue weighted by atomic mass is 10.1. The molecule has 1 rings (SSSR count). The van der Waals surface area contributed by atoms with Gasteiger partial charge in [-0.2, -0.15) is 0 Å². The van der Waals surface area contributed by atoms with Gasteiger partial charge in [0, 0.05) is 12.3 Å². The van der Waals surface area contributed by atoms with Crippen molar-refractivity contribution < 1.29 is 14.7 Å². The molecule has 0 spiro atoms. The molecule has 1 amide bonds. The van der Waals surface area contributed by atoms with Crippen molar-refractivity contribution in [1.82, 2.24) is 5.32 Å². The van der Waals surface area contributed by atoms with E-state index in [1.54, 1.807) is 11.8 Å². The molecule has 2 N–H and O–H groups in total. The van der Waals surface area contributed by atoms with E-state index < -0.39 is 5.97 Å². The second-order valence-corrected chi connectivity index (χ2v) is 5.75. The lowest BCUT2D eigenvalue weighted by Gasteiger charge is -2.15. The summed E-state index contributed by atoms with van der Waals surface area (Å²) in [5.74, 6) is 0.0832. The van der Waals surface area contributed by atoms with Gasteiger partial charge in [0.25, 0.3) is 0 Å². The van der Waals surface area contributed by atoms with E-state index in [2.05, 4.69) is 5.32 Å². The first-order chi connectivity index (χ1) is 7.49. The van der Waals surface area contributed by atoms with Gasteiger partial charge in [0.1, 0.15) is 0 Å². The first-order valence-electron chi connectivity index (χ1n) is 5.60. The smallest absolute Gasteiger partial charge is 0.303 e. The molecule has 1 unspecified atom stereocenters. The molecule has 0 radical (unpaired) electrons. The van der Waals surface area contributed by atoms with Crippen LogP contribution < -0.4 is 5.32 Å². The topological polar surface area (TPSA) is 66.4 Å². The molecule has 0 aromatic rings. The van der Waals surface area contributed by atoms with E-state index in [1.807, 2.05) is 13.8 Å². The Morgan fingerprint density at radius 1 is 1.50 bits per heavy atom. The summed E-state index contributed by atoms with van der Waals surface area (Å²) in [4.78, 5) is 22.1. The standard InChI is InChI=1S/C11H19NO3S/c1-3-12-10(15)8(2)16-7-11(4-5-11)6-9(13)14/h8H,3-7H2,1-2H3,(H,12,15)(H,13,14). The van der Waals surface area contributed by atoms with Gasteiger partial charge in [-0.1, -0.05) is 0 Å². The fraction of sp³-hybridized carbons (Fsp3) is 0.818. The first kappa shape index (κ1) is 13.4. The van der Waals surface area contributed by atoms with Gasteiger partial charge in [-0.15, -0.1) is 11.8 Å². The lowest BCUT2D eigenvalue weighted by Crippen LogP contribution is -2.31. The normalized spacial score (nSPS) is 18.9. The Balaban J connectivity index is 2.28. The summed E-state index contributed by atoms with van der Waals surface area (Å²) in [6.45, 7) is 4.40. The molecule has 1 aliphatic carbocycles. The number of carbonyl (C=O) groups is 2. The molecule has 4 nitrogen and oxygen atoms in total. The van der Waals surface area contributed by atoms with E-state index in [0.29, 0.717) is 6.54 Å². The minimum atomic E-state index is -0.733. The average Bonchev–Trinajstić information content (AvgIpc) is 2.94. The Kier molecular flexibility index (Phi) is 4.65. The highest BCUT2D eigenvalue weighted by atomic mass is 32.2. The molecule has 0 bridgehead atoms. The quantitative estimate of drug-likeness (QED) is 0.713. The SMILES string of the molecule is CCNC(=O)C(C)SCC1(CC(=O)O)CC1. The number of carboxylic acids is 1. The van der Waals surface area contributed by atoms with Gasteiger partial charge in [-0.3, -0.25) is 9.59 Å². The lowest BCUT2D eigenvalue weighted by molar-refractivity contribution is -0.138. The fourth-order valence-corrected chi connectivity index (χ4v) is 2.79. The minimum absolute atomic E-state index is 0.0305. The van der Waals surface area contributed by atoms with Crippen LogP contribution in [0.5, 0.6) is 0 Å². The Morgan fingerprint density at radius 2 is 2.12 bits per heavy atom. The summed E-state index contributed by atoms with van der Waals surface area (Å²) in [5, 5.41) is 11.4. The molecule has 1 aliphatic rings. The van der Waals surface area contributed by atoms with Gasteiger partial charge in [0.15, 0.2) is 0 Å². The van der Waals surface area contributed by atoms with E-state index in [-0.39, 0.29) is 23.0 Å². The Morgan fingerprint density at radius 3 is 2.56 bits per heavy atom. The summed E-state index contributed by atoms with van der Waals surface area (Å²) in [6.07, 6.45) is 2.20. The summed E-state index contributed by atoms with van der Waals surface area (Å²) < 4.78 is 0. The molecule has 1 fully saturated rings. The maximum Gasteiger partial charge on any atom is 0.303 e. The van der Waals surface area contributed by atoms with Gasteiger partial charge in [0.2, 0.25) is 5.91 Å². The van der Waals surface area contributed by atoms with E-state index in [0.717, 1.165) is 18.6 Å². The number of carbonyl (C=O) groups excluding carboxylic acids is 1. The molecule has 5 heteroatoms. The zero-order valence-corrected chi connectivity index (χ0v) is 10.6. The number of amides is 1. The summed E-state index contributed by atoms with van der Waals surface area (Å²) in [6, 6.07) is 0. The number of thioether (sulfide) groups is 1. The largest absolute Gasteiger partial charge is 0.481 e. The number of carboxylic acid groups (broad SMARTS) is 1. The number of rotatable bonds is 7. The van der Waals surface area contributed by atoms with Crippen LogP contribution in [0, 0.1) is 5.41 Å². The van der Waals surface area contributed by atoms with Crippen molar-refractivity contribution in [2.75, 3.05) is 12.3 Å². The van der Waals surface area contributed by atoms with Gasteiger partial charge in [-0.05, 0) is 32.1 Å². The third-order valence-electron chi connectivity index (χ3n) is 2.84. The Hall–Kier alpha value is -0.710. The third-order valence-corrected chi connectivity index (χ3v) is 4.34. The van der Waals surface area contributed by atoms with Crippen LogP contribution in [0.4, 0.5) is 0 Å². The van der Waals surface area contributed by atoms with Gasteiger partial charge in [-0.25, -0.2) is 0 Å². The molecule has 1 atom stereocenters. The Labute approximate surface area is 100 Å². The highest BCUT2D eigenvalue weighted by molar-refractivity contribution is 8.00. The highest BCUT2D eigenvalue weighted by Crippen LogP contribution is 2.51. The molecule has 0 saturated heterocycles. The molecule has 0 heterocycles. The van der Waals surface area contributed by atoms with Crippen molar-refractivity contribution >= 4 is 23.6 Å². The van der Waals surface area contributed by atoms with Crippen molar-refractivity contribution in [2.24, 2.45) is 5.41 Å². The van der Waals surface area contributed by atoms with E-state index in [1.165, 1.54) is 0 Å². The number of hydrogen-bond acceptors (Lipinski definition) is 3. The van der Waals surface area contributed by atoms with E-state index in [4.69, 9.17) is 5.11 Å². The zero-order chi connectivity index (χ0) is 12.2. The van der Waals surface area contributed by atoms with Crippen LogP contribution in [0.25, 0.3) is 0 Å². The van der Waals surface area contributed by atoms with Crippen LogP contribution in [-0.2, 0) is 9.59 Å². The molecule has 0 aromatic heterocycles. The van der Waals surface area contributed by atoms with Crippen LogP contribution in [0.15, 0.2) is 0 Å². The second-order valence-electron chi connectivity index (χ2n) is 4.42. The van der Waals surface area contributed by atoms with Crippen molar-refractivity contribution in [3.05, 3.63) is 0 Å². The third kappa shape index (κ3) is 4.04. The summed E-state index contributed by atoms with van der Waals surface area (Å²) in [7, 11) is 0. The van der Waals surface area contributed by atoms with Gasteiger partial charge < -0.3 is 10.4 Å². The monoisotopic (exact) mass is 245 g/mol. The van der Waals surface area contributed by atoms with Crippen molar-refractivity contribution in [2.45, 2.75) is 38.4 Å². The van der Waals surface area contributed by atoms with Crippen LogP contribution in [0.2, 0.25) is 0 Å². The summed E-state index contributed by atoms with van der Waals surface area (Å²) >= 11 is 1.56. The summed E-state index contributed by atoms with van der Waals surface area (Å²) in [5.41, 5.74) is -0.0305. The molecule has 16 heavy (non-hydrogen) atoms. The number of nitrogens with one attached hydrogen (secondary N) is 1. The van der Waals surface area contributed by atoms with Crippen LogP contribution >= 0.6 is 11.8 Å². The minimum Gasteiger partial charge on any atom is -0.481 e. The van der Waals surface area contributed by atoms with Gasteiger partial charge >= 0.3 is 5.97 Å². The van der Waals surface area contributed by atoms with E-state index in [9.17, 15) is 9.59 Å². The number of hydrogen-bond donors (Lipinski definition) is 2. The van der Waals surface area contributed by atoms with Crippen molar-refractivity contribution in [1.29, 1.82) is 0 Å². The second kappa shape index (κ2) is 5.57. The zero-order valence-electron chi connectivity index (χ0n) is 9.78. The maximum absolute atomic E-state index is 11.5. The number of aliphatic carboxylic acids is 1. The highest BCUT2D eigenvalue weighted by Gasteiger charge is 2.44. The van der Waals surface area contributed by atoms with Gasteiger partial charge in [0.05, 0.1) is 11.7 Å². The van der Waals surface area contributed by atoms with Crippen molar-refractivity contribution in [3.8, 4) is 0 Å². The van der Waals surface area contributed by atoms with Crippen LogP contribution in [0.3, 0.4) is 0 Å². The molecular weight excluding hydrogens is 226 g/mol. The Bertz CT molecular complexity index is 276. The van der Waals surface area contributed by atoms with E-state index >= 15 is 0 Å². The fourth-order valence-electron chi connectivity index (χ4n) is 1.57. The molecule has 0 aromatic carbocycles. The molecule has 92 valence electrons. The van der Waals surface area contributed by atoms with Crippen LogP contribution in [0.1, 0.15) is 33.1 Å². The average molecular weight is 245 g/mol. The predicted molar refractivity (Wildman–Crippen MR) is 64.5 cm³/mol. The van der Waals surface area contributed by atoms with Crippen LogP contribution in [-0.4, -0.2) is 34.5 Å². The predicted octanol–water partition coefficient (Wildman–Crippen LogP) is 1.50.